The Morgan fingerprint density at radius 2 is 1.89 bits per heavy atom. The van der Waals surface area contributed by atoms with E-state index < -0.39 is 8.32 Å². The Bertz CT molecular complexity index is 640. The third-order valence-electron chi connectivity index (χ3n) is 7.01. The molecule has 3 rings (SSSR count). The highest BCUT2D eigenvalue weighted by Crippen LogP contribution is 2.38. The molecular weight excluding hydrogens is 374 g/mol. The summed E-state index contributed by atoms with van der Waals surface area (Å²) < 4.78 is 8.72. The molecule has 4 nitrogen and oxygen atoms in total. The molecule has 0 amide bonds. The van der Waals surface area contributed by atoms with E-state index in [1.165, 1.54) is 31.4 Å². The van der Waals surface area contributed by atoms with E-state index in [-0.39, 0.29) is 10.4 Å². The van der Waals surface area contributed by atoms with Crippen LogP contribution in [0.25, 0.3) is 0 Å². The Morgan fingerprint density at radius 1 is 1.19 bits per heavy atom. The molecule has 1 aliphatic heterocycles. The zero-order valence-electron chi connectivity index (χ0n) is 18.1. The van der Waals surface area contributed by atoms with Crippen molar-refractivity contribution in [1.82, 2.24) is 9.78 Å². The molecule has 2 heterocycles. The molecule has 154 valence electrons. The van der Waals surface area contributed by atoms with E-state index in [9.17, 15) is 0 Å². The van der Waals surface area contributed by atoms with Gasteiger partial charge in [-0.1, -0.05) is 33.6 Å². The van der Waals surface area contributed by atoms with E-state index in [4.69, 9.17) is 21.1 Å². The number of hydrogen-bond acceptors (Lipinski definition) is 3. The van der Waals surface area contributed by atoms with Crippen molar-refractivity contribution in [3.05, 3.63) is 11.9 Å². The monoisotopic (exact) mass is 411 g/mol. The van der Waals surface area contributed by atoms with Gasteiger partial charge in [0.15, 0.2) is 8.32 Å². The standard InChI is InChI=1S/C21H38ClN3OSi/c1-16-20(14-25(23-16)19-12-8-7-11-18(19)22)24-13-9-10-17(24)15-26-27(5,6)21(2,3)4/h14,17-19H,7-13,15H2,1-6H3/t17?,18?,19-/m0/s1. The summed E-state index contributed by atoms with van der Waals surface area (Å²) in [5, 5.41) is 5.34. The van der Waals surface area contributed by atoms with Crippen molar-refractivity contribution in [3.63, 3.8) is 0 Å². The molecule has 3 atom stereocenters. The van der Waals surface area contributed by atoms with Crippen LogP contribution in [0.1, 0.15) is 71.0 Å². The lowest BCUT2D eigenvalue weighted by Crippen LogP contribution is -2.44. The minimum absolute atomic E-state index is 0.210. The number of nitrogens with zero attached hydrogens (tertiary/aromatic N) is 3. The minimum atomic E-state index is -1.71. The topological polar surface area (TPSA) is 30.3 Å². The summed E-state index contributed by atoms with van der Waals surface area (Å²) in [6.45, 7) is 15.7. The van der Waals surface area contributed by atoms with Gasteiger partial charge in [-0.2, -0.15) is 5.10 Å². The zero-order chi connectivity index (χ0) is 19.8. The summed E-state index contributed by atoms with van der Waals surface area (Å²) in [5.41, 5.74) is 2.41. The molecule has 0 bridgehead atoms. The fourth-order valence-electron chi connectivity index (χ4n) is 4.14. The summed E-state index contributed by atoms with van der Waals surface area (Å²) in [4.78, 5) is 2.54. The number of anilines is 1. The van der Waals surface area contributed by atoms with Crippen LogP contribution in [0.15, 0.2) is 6.20 Å². The van der Waals surface area contributed by atoms with Crippen molar-refractivity contribution >= 4 is 25.6 Å². The summed E-state index contributed by atoms with van der Waals surface area (Å²) in [6, 6.07) is 0.811. The Balaban J connectivity index is 1.72. The summed E-state index contributed by atoms with van der Waals surface area (Å²) >= 11 is 6.62. The molecule has 1 aliphatic carbocycles. The van der Waals surface area contributed by atoms with E-state index in [0.29, 0.717) is 12.1 Å². The van der Waals surface area contributed by atoms with Crippen LogP contribution >= 0.6 is 11.6 Å². The van der Waals surface area contributed by atoms with Crippen LogP contribution in [0.5, 0.6) is 0 Å². The second kappa shape index (κ2) is 8.07. The van der Waals surface area contributed by atoms with Crippen LogP contribution in [0.4, 0.5) is 5.69 Å². The lowest BCUT2D eigenvalue weighted by atomic mass is 9.95. The van der Waals surface area contributed by atoms with Crippen molar-refractivity contribution in [2.75, 3.05) is 18.1 Å². The lowest BCUT2D eigenvalue weighted by Gasteiger charge is -2.38. The first-order valence-corrected chi connectivity index (χ1v) is 14.0. The van der Waals surface area contributed by atoms with Gasteiger partial charge in [-0.25, -0.2) is 0 Å². The van der Waals surface area contributed by atoms with Crippen LogP contribution in [0, 0.1) is 6.92 Å². The molecule has 0 radical (unpaired) electrons. The first kappa shape index (κ1) is 21.2. The Morgan fingerprint density at radius 3 is 2.56 bits per heavy atom. The first-order chi connectivity index (χ1) is 12.6. The van der Waals surface area contributed by atoms with Crippen molar-refractivity contribution in [2.45, 2.75) is 102 Å². The number of rotatable bonds is 5. The molecular formula is C21H38ClN3OSi. The van der Waals surface area contributed by atoms with Crippen LogP contribution in [0.3, 0.4) is 0 Å². The number of alkyl halides is 1. The Kier molecular flexibility index (Phi) is 6.34. The molecule has 2 unspecified atom stereocenters. The highest BCUT2D eigenvalue weighted by Gasteiger charge is 2.39. The maximum atomic E-state index is 6.62. The maximum absolute atomic E-state index is 6.62. The van der Waals surface area contributed by atoms with Crippen LogP contribution in [-0.4, -0.2) is 42.7 Å². The van der Waals surface area contributed by atoms with Crippen LogP contribution < -0.4 is 4.90 Å². The summed E-state index contributed by atoms with van der Waals surface area (Å²) in [5.74, 6) is 0. The van der Waals surface area contributed by atoms with Crippen molar-refractivity contribution in [2.24, 2.45) is 0 Å². The first-order valence-electron chi connectivity index (χ1n) is 10.7. The Hall–Kier alpha value is -0.523. The van der Waals surface area contributed by atoms with E-state index in [1.54, 1.807) is 0 Å². The van der Waals surface area contributed by atoms with Crippen molar-refractivity contribution in [3.8, 4) is 0 Å². The largest absolute Gasteiger partial charge is 0.415 e. The van der Waals surface area contributed by atoms with Gasteiger partial charge in [0.2, 0.25) is 0 Å². The van der Waals surface area contributed by atoms with Gasteiger partial charge in [-0.15, -0.1) is 11.6 Å². The van der Waals surface area contributed by atoms with Gasteiger partial charge in [0, 0.05) is 12.7 Å². The number of hydrogen-bond donors (Lipinski definition) is 0. The molecule has 0 N–H and O–H groups in total. The quantitative estimate of drug-likeness (QED) is 0.446. The van der Waals surface area contributed by atoms with E-state index in [1.807, 2.05) is 0 Å². The molecule has 2 fully saturated rings. The molecule has 6 heteroatoms. The van der Waals surface area contributed by atoms with Crippen molar-refractivity contribution in [1.29, 1.82) is 0 Å². The SMILES string of the molecule is Cc1nn([C@H]2CCCCC2Cl)cc1N1CCCC1CO[Si](C)(C)C(C)(C)C. The van der Waals surface area contributed by atoms with Crippen LogP contribution in [-0.2, 0) is 4.43 Å². The third-order valence-corrected chi connectivity index (χ3v) is 12.0. The van der Waals surface area contributed by atoms with Gasteiger partial charge in [0.1, 0.15) is 0 Å². The zero-order valence-corrected chi connectivity index (χ0v) is 19.9. The van der Waals surface area contributed by atoms with Gasteiger partial charge in [-0.3, -0.25) is 4.68 Å². The average molecular weight is 412 g/mol. The van der Waals surface area contributed by atoms with Gasteiger partial charge in [0.05, 0.1) is 35.4 Å². The predicted molar refractivity (Wildman–Crippen MR) is 118 cm³/mol. The normalized spacial score (nSPS) is 27.4. The highest BCUT2D eigenvalue weighted by molar-refractivity contribution is 6.74. The van der Waals surface area contributed by atoms with Gasteiger partial charge in [-0.05, 0) is 50.7 Å². The highest BCUT2D eigenvalue weighted by atomic mass is 35.5. The number of halogens is 1. The predicted octanol–water partition coefficient (Wildman–Crippen LogP) is 5.90. The van der Waals surface area contributed by atoms with E-state index >= 15 is 0 Å². The fraction of sp³-hybridized carbons (Fsp3) is 0.857. The van der Waals surface area contributed by atoms with E-state index in [0.717, 1.165) is 31.7 Å². The third kappa shape index (κ3) is 4.56. The second-order valence-corrected chi connectivity index (χ2v) is 15.4. The van der Waals surface area contributed by atoms with Gasteiger partial charge >= 0.3 is 0 Å². The second-order valence-electron chi connectivity index (χ2n) is 10.0. The minimum Gasteiger partial charge on any atom is -0.415 e. The fourth-order valence-corrected chi connectivity index (χ4v) is 5.57. The number of aryl methyl sites for hydroxylation is 1. The van der Waals surface area contributed by atoms with Gasteiger partial charge < -0.3 is 9.33 Å². The Labute approximate surface area is 171 Å². The van der Waals surface area contributed by atoms with Gasteiger partial charge in [0.25, 0.3) is 0 Å². The molecule has 0 spiro atoms. The molecule has 1 aromatic heterocycles. The smallest absolute Gasteiger partial charge is 0.192 e. The molecule has 1 saturated carbocycles. The summed E-state index contributed by atoms with van der Waals surface area (Å²) in [6.07, 6.45) is 9.45. The summed E-state index contributed by atoms with van der Waals surface area (Å²) in [7, 11) is -1.71. The molecule has 1 aromatic rings. The molecule has 1 saturated heterocycles. The van der Waals surface area contributed by atoms with Crippen LogP contribution in [0.2, 0.25) is 18.1 Å². The molecule has 2 aliphatic rings. The maximum Gasteiger partial charge on any atom is 0.192 e. The number of aromatic nitrogens is 2. The molecule has 0 aromatic carbocycles. The molecule has 27 heavy (non-hydrogen) atoms. The van der Waals surface area contributed by atoms with E-state index in [2.05, 4.69) is 56.6 Å². The average Bonchev–Trinajstić information content (AvgIpc) is 3.18. The van der Waals surface area contributed by atoms with Crippen molar-refractivity contribution < 1.29 is 4.43 Å². The lowest BCUT2D eigenvalue weighted by molar-refractivity contribution is 0.263.